The number of hydrogen-bond acceptors (Lipinski definition) is 6. The molecule has 1 aliphatic carbocycles. The van der Waals surface area contributed by atoms with Crippen molar-refractivity contribution in [2.45, 2.75) is 62.1 Å². The molecule has 0 amide bonds. The predicted molar refractivity (Wildman–Crippen MR) is 145 cm³/mol. The molecule has 0 spiro atoms. The van der Waals surface area contributed by atoms with Crippen LogP contribution in [0.1, 0.15) is 62.1 Å². The molecule has 2 aliphatic heterocycles. The second-order valence-electron chi connectivity index (χ2n) is 10.6. The number of aliphatic carboxylic acids is 1. The van der Waals surface area contributed by atoms with Gasteiger partial charge in [0.25, 0.3) is 0 Å². The molecule has 7 heteroatoms. The summed E-state index contributed by atoms with van der Waals surface area (Å²) in [4.78, 5) is 23.5. The molecule has 2 aromatic carbocycles. The molecule has 2 unspecified atom stereocenters. The topological polar surface area (TPSA) is 72.8 Å². The molecular formula is C29H32O5S2. The Labute approximate surface area is 221 Å². The minimum Gasteiger partial charge on any atom is -0.489 e. The van der Waals surface area contributed by atoms with E-state index in [9.17, 15) is 9.59 Å². The number of carbonyl (C=O) groups excluding carboxylic acids is 1. The van der Waals surface area contributed by atoms with Crippen molar-refractivity contribution < 1.29 is 24.2 Å². The lowest BCUT2D eigenvalue weighted by molar-refractivity contribution is -0.133. The van der Waals surface area contributed by atoms with Gasteiger partial charge in [0.05, 0.1) is 4.08 Å². The number of aryl methyl sites for hydroxylation is 1. The zero-order chi connectivity index (χ0) is 25.3. The van der Waals surface area contributed by atoms with Gasteiger partial charge < -0.3 is 14.6 Å². The standard InChI is InChI=1S/C29H32O5S2/c1-28(2)12-11-21-24(18-28)33-22-16-20(17-23(27(21)22)34-26(32)9-8-25(30)31)29(35-14-15-36-29)13-10-19-6-4-3-5-7-19/h3-9,16-17,21,24H,10-15,18H2,1-2H3,(H,30,31)/b9-8+. The van der Waals surface area contributed by atoms with Gasteiger partial charge in [0.15, 0.2) is 0 Å². The van der Waals surface area contributed by atoms with Crippen LogP contribution in [0.15, 0.2) is 54.6 Å². The van der Waals surface area contributed by atoms with Crippen LogP contribution in [0.5, 0.6) is 11.5 Å². The molecule has 190 valence electrons. The van der Waals surface area contributed by atoms with Crippen molar-refractivity contribution in [3.05, 3.63) is 71.3 Å². The summed E-state index contributed by atoms with van der Waals surface area (Å²) in [6, 6.07) is 14.7. The number of ether oxygens (including phenoxy) is 2. The Balaban J connectivity index is 1.51. The number of thioether (sulfide) groups is 2. The average molecular weight is 525 g/mol. The lowest BCUT2D eigenvalue weighted by Gasteiger charge is -2.36. The van der Waals surface area contributed by atoms with Gasteiger partial charge in [-0.3, -0.25) is 0 Å². The fourth-order valence-corrected chi connectivity index (χ4v) is 8.87. The predicted octanol–water partition coefficient (Wildman–Crippen LogP) is 6.55. The van der Waals surface area contributed by atoms with Gasteiger partial charge >= 0.3 is 11.9 Å². The van der Waals surface area contributed by atoms with E-state index in [1.807, 2.05) is 35.7 Å². The SMILES string of the molecule is CC1(C)CCC2c3c(OC(=O)/C=C/C(=O)O)cc(C4(CCc5ccccc5)SCCS4)cc3OC2C1. The summed E-state index contributed by atoms with van der Waals surface area (Å²) in [6.07, 6.45) is 6.78. The van der Waals surface area contributed by atoms with Crippen molar-refractivity contribution >= 4 is 35.5 Å². The first-order valence-electron chi connectivity index (χ1n) is 12.5. The van der Waals surface area contributed by atoms with Gasteiger partial charge in [-0.25, -0.2) is 9.59 Å². The lowest BCUT2D eigenvalue weighted by Crippen LogP contribution is -2.32. The molecule has 5 rings (SSSR count). The normalized spacial score (nSPS) is 23.6. The molecule has 2 atom stereocenters. The number of benzene rings is 2. The molecule has 0 bridgehead atoms. The third-order valence-electron chi connectivity index (χ3n) is 7.44. The highest BCUT2D eigenvalue weighted by Crippen LogP contribution is 2.59. The quantitative estimate of drug-likeness (QED) is 0.250. The Kier molecular flexibility index (Phi) is 7.14. The Morgan fingerprint density at radius 3 is 2.61 bits per heavy atom. The van der Waals surface area contributed by atoms with Gasteiger partial charge in [0.2, 0.25) is 0 Å². The van der Waals surface area contributed by atoms with E-state index in [0.717, 1.165) is 72.6 Å². The van der Waals surface area contributed by atoms with Crippen molar-refractivity contribution in [2.24, 2.45) is 5.41 Å². The van der Waals surface area contributed by atoms with E-state index in [1.165, 1.54) is 5.56 Å². The highest BCUT2D eigenvalue weighted by atomic mass is 32.2. The van der Waals surface area contributed by atoms with Crippen LogP contribution in [0.3, 0.4) is 0 Å². The first kappa shape index (κ1) is 25.3. The zero-order valence-corrected chi connectivity index (χ0v) is 22.3. The summed E-state index contributed by atoms with van der Waals surface area (Å²) < 4.78 is 12.2. The monoisotopic (exact) mass is 524 g/mol. The van der Waals surface area contributed by atoms with Gasteiger partial charge in [0, 0.05) is 35.1 Å². The Hall–Kier alpha value is -2.38. The minimum absolute atomic E-state index is 0.0650. The van der Waals surface area contributed by atoms with Crippen LogP contribution in [0.2, 0.25) is 0 Å². The fraction of sp³-hybridized carbons (Fsp3) is 0.448. The summed E-state index contributed by atoms with van der Waals surface area (Å²) in [5, 5.41) is 8.94. The molecule has 5 nitrogen and oxygen atoms in total. The van der Waals surface area contributed by atoms with Gasteiger partial charge in [-0.1, -0.05) is 44.2 Å². The number of rotatable bonds is 7. The molecular weight excluding hydrogens is 492 g/mol. The van der Waals surface area contributed by atoms with Crippen LogP contribution >= 0.6 is 23.5 Å². The van der Waals surface area contributed by atoms with E-state index in [1.54, 1.807) is 0 Å². The largest absolute Gasteiger partial charge is 0.489 e. The van der Waals surface area contributed by atoms with Gasteiger partial charge in [-0.2, -0.15) is 0 Å². The van der Waals surface area contributed by atoms with E-state index in [4.69, 9.17) is 14.6 Å². The molecule has 2 aromatic rings. The zero-order valence-electron chi connectivity index (χ0n) is 20.7. The molecule has 1 saturated carbocycles. The Bertz CT molecular complexity index is 1170. The van der Waals surface area contributed by atoms with Crippen LogP contribution in [-0.4, -0.2) is 34.7 Å². The lowest BCUT2D eigenvalue weighted by atomic mass is 9.70. The highest BCUT2D eigenvalue weighted by molar-refractivity contribution is 8.20. The molecule has 3 aliphatic rings. The summed E-state index contributed by atoms with van der Waals surface area (Å²) in [5.74, 6) is 1.78. The van der Waals surface area contributed by atoms with E-state index in [-0.39, 0.29) is 21.5 Å². The summed E-state index contributed by atoms with van der Waals surface area (Å²) in [7, 11) is 0. The second kappa shape index (κ2) is 10.2. The first-order chi connectivity index (χ1) is 17.2. The molecule has 2 fully saturated rings. The second-order valence-corrected chi connectivity index (χ2v) is 13.6. The smallest absolute Gasteiger partial charge is 0.336 e. The van der Waals surface area contributed by atoms with Crippen molar-refractivity contribution in [3.8, 4) is 11.5 Å². The van der Waals surface area contributed by atoms with Crippen LogP contribution in [0, 0.1) is 5.41 Å². The van der Waals surface area contributed by atoms with Gasteiger partial charge in [-0.05, 0) is 60.8 Å². The van der Waals surface area contributed by atoms with Crippen LogP contribution in [-0.2, 0) is 20.1 Å². The molecule has 36 heavy (non-hydrogen) atoms. The number of esters is 1. The highest BCUT2D eigenvalue weighted by Gasteiger charge is 2.46. The third-order valence-corrected chi connectivity index (χ3v) is 11.0. The summed E-state index contributed by atoms with van der Waals surface area (Å²) in [5.41, 5.74) is 3.58. The summed E-state index contributed by atoms with van der Waals surface area (Å²) >= 11 is 3.90. The molecule has 0 radical (unpaired) electrons. The first-order valence-corrected chi connectivity index (χ1v) is 14.5. The van der Waals surface area contributed by atoms with E-state index >= 15 is 0 Å². The molecule has 0 aromatic heterocycles. The Morgan fingerprint density at radius 1 is 1.14 bits per heavy atom. The number of hydrogen-bond donors (Lipinski definition) is 1. The van der Waals surface area contributed by atoms with Gasteiger partial charge in [0.1, 0.15) is 17.6 Å². The maximum atomic E-state index is 12.6. The van der Waals surface area contributed by atoms with Crippen molar-refractivity contribution in [1.29, 1.82) is 0 Å². The fourth-order valence-electron chi connectivity index (χ4n) is 5.65. The van der Waals surface area contributed by atoms with Gasteiger partial charge in [-0.15, -0.1) is 23.5 Å². The molecule has 2 heterocycles. The third kappa shape index (κ3) is 5.32. The number of fused-ring (bicyclic) bond motifs is 3. The van der Waals surface area contributed by atoms with Crippen molar-refractivity contribution in [1.82, 2.24) is 0 Å². The van der Waals surface area contributed by atoms with E-state index in [2.05, 4.69) is 44.2 Å². The molecule has 1 N–H and O–H groups in total. The Morgan fingerprint density at radius 2 is 1.89 bits per heavy atom. The van der Waals surface area contributed by atoms with Crippen LogP contribution < -0.4 is 9.47 Å². The van der Waals surface area contributed by atoms with E-state index in [0.29, 0.717) is 5.75 Å². The van der Waals surface area contributed by atoms with Crippen LogP contribution in [0.4, 0.5) is 0 Å². The molecule has 1 saturated heterocycles. The van der Waals surface area contributed by atoms with Crippen LogP contribution in [0.25, 0.3) is 0 Å². The minimum atomic E-state index is -1.18. The average Bonchev–Trinajstić information content (AvgIpc) is 3.46. The number of carboxylic acid groups (broad SMARTS) is 1. The number of carboxylic acids is 1. The summed E-state index contributed by atoms with van der Waals surface area (Å²) in [6.45, 7) is 4.56. The maximum absolute atomic E-state index is 12.6. The van der Waals surface area contributed by atoms with E-state index < -0.39 is 11.9 Å². The maximum Gasteiger partial charge on any atom is 0.336 e. The van der Waals surface area contributed by atoms with Crippen molar-refractivity contribution in [3.63, 3.8) is 0 Å². The number of carbonyl (C=O) groups is 2. The van der Waals surface area contributed by atoms with Crippen molar-refractivity contribution in [2.75, 3.05) is 11.5 Å².